The number of aryl methyl sites for hydroxylation is 1. The lowest BCUT2D eigenvalue weighted by molar-refractivity contribution is -0.119. The van der Waals surface area contributed by atoms with E-state index in [1.165, 1.54) is 5.56 Å². The molecule has 4 nitrogen and oxygen atoms in total. The fraction of sp³-hybridized carbons (Fsp3) is 0.438. The summed E-state index contributed by atoms with van der Waals surface area (Å²) in [6.45, 7) is 13.0. The summed E-state index contributed by atoms with van der Waals surface area (Å²) in [4.78, 5) is 25.7. The van der Waals surface area contributed by atoms with Crippen LogP contribution >= 0.6 is 0 Å². The van der Waals surface area contributed by atoms with E-state index in [9.17, 15) is 9.59 Å². The number of carbonyl (C=O) groups excluding carboxylic acids is 2. The number of ether oxygens (including phenoxy) is 2. The third-order valence-corrected chi connectivity index (χ3v) is 7.23. The third kappa shape index (κ3) is 6.16. The van der Waals surface area contributed by atoms with Crippen LogP contribution in [0.3, 0.4) is 0 Å². The highest BCUT2D eigenvalue weighted by Crippen LogP contribution is 2.44. The summed E-state index contributed by atoms with van der Waals surface area (Å²) in [5.41, 5.74) is 3.80. The molecule has 1 atom stereocenters. The molecule has 0 aliphatic heterocycles. The lowest BCUT2D eigenvalue weighted by Crippen LogP contribution is -2.30. The van der Waals surface area contributed by atoms with Gasteiger partial charge in [-0.3, -0.25) is 9.59 Å². The van der Waals surface area contributed by atoms with Crippen LogP contribution in [-0.4, -0.2) is 11.6 Å². The van der Waals surface area contributed by atoms with Crippen molar-refractivity contribution in [3.63, 3.8) is 0 Å². The molecule has 0 spiro atoms. The van der Waals surface area contributed by atoms with Crippen molar-refractivity contribution in [2.24, 2.45) is 10.8 Å². The van der Waals surface area contributed by atoms with Crippen LogP contribution < -0.4 is 4.74 Å². The summed E-state index contributed by atoms with van der Waals surface area (Å²) in [6, 6.07) is 16.2. The number of benzene rings is 2. The Labute approximate surface area is 215 Å². The van der Waals surface area contributed by atoms with Crippen molar-refractivity contribution in [1.29, 1.82) is 0 Å². The first-order valence-electron chi connectivity index (χ1n) is 12.9. The lowest BCUT2D eigenvalue weighted by atomic mass is 9.73. The van der Waals surface area contributed by atoms with Crippen molar-refractivity contribution in [1.82, 2.24) is 0 Å². The SMILES string of the molecule is Cc1ccccc1COc1ccc(C(C)C2=C(OC3=CC(=O)CC(C)(C)C3)CC(C)(C)CC2=O)cc1. The first-order valence-corrected chi connectivity index (χ1v) is 12.9. The molecule has 36 heavy (non-hydrogen) atoms. The molecule has 0 heterocycles. The molecule has 4 heteroatoms. The summed E-state index contributed by atoms with van der Waals surface area (Å²) in [5.74, 6) is 2.25. The molecule has 0 N–H and O–H groups in total. The minimum Gasteiger partial charge on any atom is -0.489 e. The zero-order valence-corrected chi connectivity index (χ0v) is 22.4. The number of ketones is 2. The first-order chi connectivity index (χ1) is 16.9. The number of hydrogen-bond donors (Lipinski definition) is 0. The maximum Gasteiger partial charge on any atom is 0.163 e. The van der Waals surface area contributed by atoms with Gasteiger partial charge >= 0.3 is 0 Å². The van der Waals surface area contributed by atoms with E-state index in [1.807, 2.05) is 36.4 Å². The third-order valence-electron chi connectivity index (χ3n) is 7.23. The van der Waals surface area contributed by atoms with Gasteiger partial charge in [0.15, 0.2) is 11.6 Å². The molecule has 4 rings (SSSR count). The fourth-order valence-corrected chi connectivity index (χ4v) is 5.32. The highest BCUT2D eigenvalue weighted by Gasteiger charge is 2.38. The second-order valence-electron chi connectivity index (χ2n) is 12.0. The average molecular weight is 487 g/mol. The fourth-order valence-electron chi connectivity index (χ4n) is 5.32. The molecule has 190 valence electrons. The number of carbonyl (C=O) groups is 2. The van der Waals surface area contributed by atoms with Crippen LogP contribution in [0.5, 0.6) is 5.75 Å². The summed E-state index contributed by atoms with van der Waals surface area (Å²) < 4.78 is 12.4. The molecular weight excluding hydrogens is 448 g/mol. The summed E-state index contributed by atoms with van der Waals surface area (Å²) >= 11 is 0. The van der Waals surface area contributed by atoms with E-state index < -0.39 is 0 Å². The molecule has 0 amide bonds. The largest absolute Gasteiger partial charge is 0.489 e. The van der Waals surface area contributed by atoms with E-state index in [-0.39, 0.29) is 28.3 Å². The smallest absolute Gasteiger partial charge is 0.163 e. The van der Waals surface area contributed by atoms with E-state index in [0.717, 1.165) is 22.4 Å². The van der Waals surface area contributed by atoms with Crippen molar-refractivity contribution in [2.75, 3.05) is 0 Å². The first kappa shape index (κ1) is 25.9. The molecular formula is C32H38O4. The van der Waals surface area contributed by atoms with Gasteiger partial charge in [0.1, 0.15) is 23.9 Å². The molecule has 2 aliphatic carbocycles. The van der Waals surface area contributed by atoms with Crippen molar-refractivity contribution in [3.8, 4) is 5.75 Å². The molecule has 2 aromatic carbocycles. The second-order valence-corrected chi connectivity index (χ2v) is 12.0. The molecule has 2 aliphatic rings. The van der Waals surface area contributed by atoms with E-state index in [2.05, 4.69) is 53.7 Å². The van der Waals surface area contributed by atoms with Crippen molar-refractivity contribution in [3.05, 3.63) is 88.4 Å². The monoisotopic (exact) mass is 486 g/mol. The van der Waals surface area contributed by atoms with Gasteiger partial charge < -0.3 is 9.47 Å². The Morgan fingerprint density at radius 1 is 0.861 bits per heavy atom. The molecule has 0 saturated carbocycles. The molecule has 0 fully saturated rings. The van der Waals surface area contributed by atoms with Gasteiger partial charge in [0.2, 0.25) is 0 Å². The Bertz CT molecular complexity index is 1210. The van der Waals surface area contributed by atoms with E-state index in [4.69, 9.17) is 9.47 Å². The summed E-state index contributed by atoms with van der Waals surface area (Å²) in [5, 5.41) is 0. The van der Waals surface area contributed by atoms with Gasteiger partial charge in [-0.15, -0.1) is 0 Å². The Morgan fingerprint density at radius 2 is 1.53 bits per heavy atom. The Hall–Kier alpha value is -3.14. The normalized spacial score (nSPS) is 20.1. The predicted octanol–water partition coefficient (Wildman–Crippen LogP) is 7.61. The molecule has 1 unspecified atom stereocenters. The topological polar surface area (TPSA) is 52.6 Å². The molecule has 0 saturated heterocycles. The van der Waals surface area contributed by atoms with Crippen LogP contribution in [0.15, 0.2) is 71.7 Å². The minimum atomic E-state index is -0.183. The lowest BCUT2D eigenvalue weighted by Gasteiger charge is -2.36. The van der Waals surface area contributed by atoms with E-state index >= 15 is 0 Å². The van der Waals surface area contributed by atoms with Gasteiger partial charge in [0.05, 0.1) is 0 Å². The summed E-state index contributed by atoms with van der Waals surface area (Å²) in [7, 11) is 0. The van der Waals surface area contributed by atoms with Gasteiger partial charge in [-0.05, 0) is 46.6 Å². The average Bonchev–Trinajstić information content (AvgIpc) is 2.76. The maximum atomic E-state index is 13.4. The standard InChI is InChI=1S/C32H38O4/c1-21-9-7-8-10-24(21)20-35-26-13-11-23(12-14-26)22(2)30-28(34)18-32(5,6)19-29(30)36-27-15-25(33)16-31(3,4)17-27/h7-15,22H,16-20H2,1-6H3. The summed E-state index contributed by atoms with van der Waals surface area (Å²) in [6.07, 6.45) is 3.98. The van der Waals surface area contributed by atoms with Gasteiger partial charge in [0.25, 0.3) is 0 Å². The Morgan fingerprint density at radius 3 is 2.19 bits per heavy atom. The molecule has 0 radical (unpaired) electrons. The highest BCUT2D eigenvalue weighted by molar-refractivity contribution is 5.98. The quantitative estimate of drug-likeness (QED) is 0.404. The van der Waals surface area contributed by atoms with Crippen LogP contribution in [0.25, 0.3) is 0 Å². The van der Waals surface area contributed by atoms with Crippen molar-refractivity contribution < 1.29 is 19.1 Å². The van der Waals surface area contributed by atoms with Crippen LogP contribution in [0.1, 0.15) is 82.9 Å². The Kier molecular flexibility index (Phi) is 7.26. The van der Waals surface area contributed by atoms with Crippen LogP contribution in [0.2, 0.25) is 0 Å². The van der Waals surface area contributed by atoms with Gasteiger partial charge in [-0.25, -0.2) is 0 Å². The zero-order valence-electron chi connectivity index (χ0n) is 22.4. The highest BCUT2D eigenvalue weighted by atomic mass is 16.5. The molecule has 2 aromatic rings. The van der Waals surface area contributed by atoms with E-state index in [1.54, 1.807) is 6.08 Å². The van der Waals surface area contributed by atoms with Gasteiger partial charge in [-0.2, -0.15) is 0 Å². The molecule has 0 aromatic heterocycles. The van der Waals surface area contributed by atoms with Crippen LogP contribution in [0.4, 0.5) is 0 Å². The zero-order chi connectivity index (χ0) is 26.1. The maximum absolute atomic E-state index is 13.4. The van der Waals surface area contributed by atoms with Gasteiger partial charge in [0, 0.05) is 43.3 Å². The number of hydrogen-bond acceptors (Lipinski definition) is 4. The molecule has 0 bridgehead atoms. The number of Topliss-reactive ketones (excluding diaryl/α,β-unsaturated/α-hetero) is 1. The van der Waals surface area contributed by atoms with Crippen LogP contribution in [0, 0.1) is 17.8 Å². The Balaban J connectivity index is 1.57. The van der Waals surface area contributed by atoms with Gasteiger partial charge in [-0.1, -0.05) is 71.0 Å². The van der Waals surface area contributed by atoms with Crippen LogP contribution in [-0.2, 0) is 20.9 Å². The van der Waals surface area contributed by atoms with Crippen molar-refractivity contribution in [2.45, 2.75) is 79.8 Å². The minimum absolute atomic E-state index is 0.0825. The number of allylic oxidation sites excluding steroid dienone is 4. The van der Waals surface area contributed by atoms with Crippen molar-refractivity contribution >= 4 is 11.6 Å². The predicted molar refractivity (Wildman–Crippen MR) is 143 cm³/mol. The second kappa shape index (κ2) is 10.1. The number of rotatable bonds is 7. The van der Waals surface area contributed by atoms with E-state index in [0.29, 0.717) is 43.8 Å².